The number of pyridine rings is 1. The van der Waals surface area contributed by atoms with Crippen molar-refractivity contribution in [3.63, 3.8) is 0 Å². The van der Waals surface area contributed by atoms with Crippen LogP contribution in [0.4, 0.5) is 0 Å². The fourth-order valence-electron chi connectivity index (χ4n) is 4.78. The van der Waals surface area contributed by atoms with E-state index in [1.807, 2.05) is 4.57 Å². The number of aromatic carboxylic acids is 1. The standard InChI is InChI=1S/C21H19NO4/c1-2-11-4-3-5-12-13(11)8-14-17-9-18(23)15(21(24)25)10-22(17)16-6-7-26-20(16)19(12)14/h3-5,9-10,16,20H,2,6-8H2,1H3,(H,24,25)/t16-,20+/m1/s1. The van der Waals surface area contributed by atoms with Crippen molar-refractivity contribution in [2.75, 3.05) is 6.61 Å². The lowest BCUT2D eigenvalue weighted by Gasteiger charge is -2.32. The van der Waals surface area contributed by atoms with Gasteiger partial charge in [-0.05, 0) is 40.7 Å². The van der Waals surface area contributed by atoms with E-state index in [1.165, 1.54) is 34.5 Å². The molecule has 1 aromatic heterocycles. The topological polar surface area (TPSA) is 68.5 Å². The van der Waals surface area contributed by atoms with E-state index in [9.17, 15) is 14.7 Å². The zero-order valence-corrected chi connectivity index (χ0v) is 14.5. The molecule has 0 radical (unpaired) electrons. The third-order valence-corrected chi connectivity index (χ3v) is 5.94. The lowest BCUT2D eigenvalue weighted by Crippen LogP contribution is -2.31. The highest BCUT2D eigenvalue weighted by Crippen LogP contribution is 2.50. The van der Waals surface area contributed by atoms with Crippen LogP contribution in [-0.2, 0) is 17.6 Å². The van der Waals surface area contributed by atoms with Crippen molar-refractivity contribution >= 4 is 17.1 Å². The van der Waals surface area contributed by atoms with Gasteiger partial charge in [0, 0.05) is 31.0 Å². The van der Waals surface area contributed by atoms with Crippen molar-refractivity contribution in [3.05, 3.63) is 68.6 Å². The van der Waals surface area contributed by atoms with Crippen LogP contribution < -0.4 is 5.43 Å². The van der Waals surface area contributed by atoms with Gasteiger partial charge in [0.1, 0.15) is 11.7 Å². The van der Waals surface area contributed by atoms with Gasteiger partial charge in [-0.2, -0.15) is 0 Å². The van der Waals surface area contributed by atoms with Gasteiger partial charge in [0.2, 0.25) is 0 Å². The smallest absolute Gasteiger partial charge is 0.341 e. The SMILES string of the molecule is CCc1cccc2c1CC1=C2[C@H]2OCC[C@H]2n2cc(C(=O)O)c(=O)cc21. The van der Waals surface area contributed by atoms with Crippen molar-refractivity contribution < 1.29 is 14.6 Å². The minimum atomic E-state index is -1.18. The van der Waals surface area contributed by atoms with E-state index < -0.39 is 11.4 Å². The van der Waals surface area contributed by atoms with Crippen molar-refractivity contribution in [2.24, 2.45) is 0 Å². The summed E-state index contributed by atoms with van der Waals surface area (Å²) in [6, 6.07) is 7.94. The Morgan fingerprint density at radius 2 is 2.23 bits per heavy atom. The molecule has 2 aliphatic heterocycles. The van der Waals surface area contributed by atoms with Crippen LogP contribution in [-0.4, -0.2) is 28.4 Å². The number of carboxylic acid groups (broad SMARTS) is 1. The van der Waals surface area contributed by atoms with Crippen molar-refractivity contribution in [2.45, 2.75) is 38.3 Å². The normalized spacial score (nSPS) is 22.7. The Bertz CT molecular complexity index is 1050. The molecule has 0 bridgehead atoms. The Hall–Kier alpha value is -2.66. The number of benzene rings is 1. The van der Waals surface area contributed by atoms with E-state index in [2.05, 4.69) is 25.1 Å². The summed E-state index contributed by atoms with van der Waals surface area (Å²) in [6.07, 6.45) is 3.99. The van der Waals surface area contributed by atoms with Gasteiger partial charge in [-0.15, -0.1) is 0 Å². The van der Waals surface area contributed by atoms with Crippen LogP contribution >= 0.6 is 0 Å². The van der Waals surface area contributed by atoms with E-state index in [-0.39, 0.29) is 17.7 Å². The Balaban J connectivity index is 1.78. The molecule has 2 atom stereocenters. The molecule has 0 spiro atoms. The highest BCUT2D eigenvalue weighted by atomic mass is 16.5. The van der Waals surface area contributed by atoms with Gasteiger partial charge >= 0.3 is 5.97 Å². The molecule has 5 heteroatoms. The summed E-state index contributed by atoms with van der Waals surface area (Å²) in [5.41, 5.74) is 6.42. The predicted octanol–water partition coefficient (Wildman–Crippen LogP) is 2.92. The van der Waals surface area contributed by atoms with Crippen LogP contribution in [0.1, 0.15) is 52.1 Å². The zero-order valence-electron chi connectivity index (χ0n) is 14.5. The summed E-state index contributed by atoms with van der Waals surface area (Å²) < 4.78 is 8.06. The van der Waals surface area contributed by atoms with Gasteiger partial charge in [0.05, 0.1) is 6.04 Å². The Morgan fingerprint density at radius 3 is 3.00 bits per heavy atom. The van der Waals surface area contributed by atoms with E-state index in [1.54, 1.807) is 0 Å². The quantitative estimate of drug-likeness (QED) is 0.905. The van der Waals surface area contributed by atoms with Gasteiger partial charge in [-0.3, -0.25) is 4.79 Å². The number of hydrogen-bond donors (Lipinski definition) is 1. The zero-order chi connectivity index (χ0) is 18.0. The highest BCUT2D eigenvalue weighted by molar-refractivity contribution is 6.00. The Labute approximate surface area is 150 Å². The molecule has 5 rings (SSSR count). The molecule has 3 aliphatic rings. The maximum atomic E-state index is 12.4. The minimum absolute atomic E-state index is 0.0404. The number of ether oxygens (including phenoxy) is 1. The molecule has 1 saturated heterocycles. The van der Waals surface area contributed by atoms with Crippen LogP contribution in [0.2, 0.25) is 0 Å². The second kappa shape index (κ2) is 5.42. The summed E-state index contributed by atoms with van der Waals surface area (Å²) in [6.45, 7) is 2.79. The maximum absolute atomic E-state index is 12.4. The molecule has 132 valence electrons. The number of carbonyl (C=O) groups is 1. The molecule has 3 heterocycles. The van der Waals surface area contributed by atoms with Gasteiger partial charge in [-0.1, -0.05) is 25.1 Å². The number of rotatable bonds is 2. The van der Waals surface area contributed by atoms with Crippen molar-refractivity contribution in [1.82, 2.24) is 4.57 Å². The van der Waals surface area contributed by atoms with E-state index >= 15 is 0 Å². The van der Waals surface area contributed by atoms with Crippen LogP contribution in [0.5, 0.6) is 0 Å². The second-order valence-corrected chi connectivity index (χ2v) is 7.16. The first kappa shape index (κ1) is 15.6. The summed E-state index contributed by atoms with van der Waals surface area (Å²) in [7, 11) is 0. The Morgan fingerprint density at radius 1 is 1.38 bits per heavy atom. The molecule has 1 aliphatic carbocycles. The predicted molar refractivity (Wildman–Crippen MR) is 97.4 cm³/mol. The number of nitrogens with zero attached hydrogens (tertiary/aromatic N) is 1. The summed E-state index contributed by atoms with van der Waals surface area (Å²) >= 11 is 0. The average molecular weight is 349 g/mol. The fraction of sp³-hybridized carbons (Fsp3) is 0.333. The molecule has 0 unspecified atom stereocenters. The molecule has 1 N–H and O–H groups in total. The highest BCUT2D eigenvalue weighted by Gasteiger charge is 2.43. The molecule has 5 nitrogen and oxygen atoms in total. The fourth-order valence-corrected chi connectivity index (χ4v) is 4.78. The molecule has 1 fully saturated rings. The molecule has 0 saturated carbocycles. The van der Waals surface area contributed by atoms with E-state index in [0.717, 1.165) is 30.5 Å². The summed E-state index contributed by atoms with van der Waals surface area (Å²) in [5, 5.41) is 9.35. The number of fused-ring (bicyclic) bond motifs is 7. The monoisotopic (exact) mass is 349 g/mol. The van der Waals surface area contributed by atoms with E-state index in [0.29, 0.717) is 6.61 Å². The summed E-state index contributed by atoms with van der Waals surface area (Å²) in [4.78, 5) is 23.8. The van der Waals surface area contributed by atoms with Crippen LogP contribution in [0, 0.1) is 0 Å². The average Bonchev–Trinajstić information content (AvgIpc) is 3.25. The largest absolute Gasteiger partial charge is 0.477 e. The molecule has 1 aromatic carbocycles. The third kappa shape index (κ3) is 1.95. The van der Waals surface area contributed by atoms with Gasteiger partial charge in [0.15, 0.2) is 5.43 Å². The Kier molecular flexibility index (Phi) is 3.25. The first-order valence-electron chi connectivity index (χ1n) is 9.05. The van der Waals surface area contributed by atoms with Crippen LogP contribution in [0.25, 0.3) is 11.1 Å². The summed E-state index contributed by atoms with van der Waals surface area (Å²) in [5.74, 6) is -1.18. The number of allylic oxidation sites excluding steroid dienone is 1. The van der Waals surface area contributed by atoms with Gasteiger partial charge in [0.25, 0.3) is 0 Å². The number of aryl methyl sites for hydroxylation is 1. The minimum Gasteiger partial charge on any atom is -0.477 e. The first-order chi connectivity index (χ1) is 12.6. The van der Waals surface area contributed by atoms with Crippen molar-refractivity contribution in [3.8, 4) is 0 Å². The lowest BCUT2D eigenvalue weighted by molar-refractivity contribution is 0.0693. The molecule has 2 aromatic rings. The van der Waals surface area contributed by atoms with Crippen LogP contribution in [0.15, 0.2) is 35.3 Å². The van der Waals surface area contributed by atoms with E-state index in [4.69, 9.17) is 4.74 Å². The molecule has 26 heavy (non-hydrogen) atoms. The molecular formula is C21H19NO4. The lowest BCUT2D eigenvalue weighted by atomic mass is 9.89. The number of aromatic nitrogens is 1. The van der Waals surface area contributed by atoms with Crippen molar-refractivity contribution in [1.29, 1.82) is 0 Å². The van der Waals surface area contributed by atoms with Gasteiger partial charge in [-0.25, -0.2) is 4.79 Å². The maximum Gasteiger partial charge on any atom is 0.341 e. The molecular weight excluding hydrogens is 330 g/mol. The number of hydrogen-bond acceptors (Lipinski definition) is 3. The van der Waals surface area contributed by atoms with Crippen LogP contribution in [0.3, 0.4) is 0 Å². The molecule has 0 amide bonds. The second-order valence-electron chi connectivity index (χ2n) is 7.16. The third-order valence-electron chi connectivity index (χ3n) is 5.94. The first-order valence-corrected chi connectivity index (χ1v) is 9.05. The van der Waals surface area contributed by atoms with Gasteiger partial charge < -0.3 is 14.4 Å². The number of carboxylic acids is 1.